The zero-order chi connectivity index (χ0) is 16.3. The van der Waals surface area contributed by atoms with Gasteiger partial charge < -0.3 is 10.2 Å². The number of likely N-dealkylation sites (N-methyl/N-ethyl adjacent to an activating group) is 1. The second-order valence-corrected chi connectivity index (χ2v) is 5.54. The van der Waals surface area contributed by atoms with Crippen molar-refractivity contribution in [3.63, 3.8) is 0 Å². The average Bonchev–Trinajstić information content (AvgIpc) is 2.48. The van der Waals surface area contributed by atoms with Gasteiger partial charge in [-0.25, -0.2) is 0 Å². The Morgan fingerprint density at radius 2 is 1.73 bits per heavy atom. The first-order chi connectivity index (χ1) is 10.3. The molecule has 1 N–H and O–H groups in total. The molecule has 7 heteroatoms. The minimum absolute atomic E-state index is 0.123. The Hall–Kier alpha value is -1.60. The van der Waals surface area contributed by atoms with Gasteiger partial charge in [0.2, 0.25) is 5.91 Å². The molecule has 0 saturated carbocycles. The largest absolute Gasteiger partial charge is 0.416 e. The van der Waals surface area contributed by atoms with E-state index in [0.717, 1.165) is 25.2 Å². The van der Waals surface area contributed by atoms with Gasteiger partial charge in [0.15, 0.2) is 0 Å². The van der Waals surface area contributed by atoms with Crippen molar-refractivity contribution >= 4 is 5.91 Å². The van der Waals surface area contributed by atoms with Crippen molar-refractivity contribution < 1.29 is 18.0 Å². The number of rotatable bonds is 3. The number of nitrogens with one attached hydrogen (secondary N) is 1. The predicted molar refractivity (Wildman–Crippen MR) is 77.3 cm³/mol. The van der Waals surface area contributed by atoms with Crippen LogP contribution in [0, 0.1) is 0 Å². The maximum atomic E-state index is 12.7. The minimum Gasteiger partial charge on any atom is -0.347 e. The number of halogens is 3. The standard InChI is InChI=1S/C15H20F3N3O/c1-20(2)14(22)13(21-9-7-19-8-10-21)11-3-5-12(6-4-11)15(16,17)18/h3-6,13,19H,7-10H2,1-2H3. The average molecular weight is 315 g/mol. The summed E-state index contributed by atoms with van der Waals surface area (Å²) in [5.74, 6) is -0.123. The summed E-state index contributed by atoms with van der Waals surface area (Å²) in [4.78, 5) is 15.9. The van der Waals surface area contributed by atoms with Crippen LogP contribution in [0.25, 0.3) is 0 Å². The molecular weight excluding hydrogens is 295 g/mol. The molecule has 1 fully saturated rings. The molecule has 1 aromatic carbocycles. The lowest BCUT2D eigenvalue weighted by molar-refractivity contribution is -0.137. The Morgan fingerprint density at radius 1 is 1.18 bits per heavy atom. The molecule has 0 bridgehead atoms. The molecule has 1 heterocycles. The van der Waals surface area contributed by atoms with Gasteiger partial charge in [-0.2, -0.15) is 13.2 Å². The monoisotopic (exact) mass is 315 g/mol. The van der Waals surface area contributed by atoms with E-state index in [4.69, 9.17) is 0 Å². The molecule has 1 aliphatic rings. The van der Waals surface area contributed by atoms with E-state index in [0.29, 0.717) is 18.7 Å². The fraction of sp³-hybridized carbons (Fsp3) is 0.533. The van der Waals surface area contributed by atoms with Crippen LogP contribution in [-0.4, -0.2) is 56.0 Å². The highest BCUT2D eigenvalue weighted by molar-refractivity contribution is 5.83. The van der Waals surface area contributed by atoms with E-state index in [9.17, 15) is 18.0 Å². The summed E-state index contributed by atoms with van der Waals surface area (Å²) in [6, 6.07) is 4.33. The van der Waals surface area contributed by atoms with Crippen molar-refractivity contribution in [2.75, 3.05) is 40.3 Å². The van der Waals surface area contributed by atoms with Gasteiger partial charge in [-0.1, -0.05) is 12.1 Å². The number of hydrogen-bond acceptors (Lipinski definition) is 3. The van der Waals surface area contributed by atoms with Crippen LogP contribution in [-0.2, 0) is 11.0 Å². The highest BCUT2D eigenvalue weighted by atomic mass is 19.4. The maximum Gasteiger partial charge on any atom is 0.416 e. The third kappa shape index (κ3) is 3.78. The molecule has 1 aliphatic heterocycles. The molecule has 1 saturated heterocycles. The van der Waals surface area contributed by atoms with E-state index in [1.807, 2.05) is 4.90 Å². The van der Waals surface area contributed by atoms with Crippen molar-refractivity contribution in [3.8, 4) is 0 Å². The third-order valence-corrected chi connectivity index (χ3v) is 3.75. The van der Waals surface area contributed by atoms with Crippen LogP contribution in [0.4, 0.5) is 13.2 Å². The normalized spacial score (nSPS) is 18.0. The first-order valence-electron chi connectivity index (χ1n) is 7.14. The summed E-state index contributed by atoms with van der Waals surface area (Å²) in [6.07, 6.45) is -4.37. The van der Waals surface area contributed by atoms with E-state index in [1.165, 1.54) is 17.0 Å². The fourth-order valence-corrected chi connectivity index (χ4v) is 2.55. The smallest absolute Gasteiger partial charge is 0.347 e. The maximum absolute atomic E-state index is 12.7. The Kier molecular flexibility index (Phi) is 5.08. The van der Waals surface area contributed by atoms with E-state index < -0.39 is 17.8 Å². The lowest BCUT2D eigenvalue weighted by atomic mass is 10.0. The number of carbonyl (C=O) groups excluding carboxylic acids is 1. The molecule has 0 spiro atoms. The molecule has 1 atom stereocenters. The van der Waals surface area contributed by atoms with Crippen LogP contribution >= 0.6 is 0 Å². The third-order valence-electron chi connectivity index (χ3n) is 3.75. The first-order valence-corrected chi connectivity index (χ1v) is 7.14. The molecule has 1 amide bonds. The van der Waals surface area contributed by atoms with E-state index in [2.05, 4.69) is 5.32 Å². The van der Waals surface area contributed by atoms with Crippen molar-refractivity contribution in [2.24, 2.45) is 0 Å². The molecule has 4 nitrogen and oxygen atoms in total. The first kappa shape index (κ1) is 16.8. The molecule has 0 radical (unpaired) electrons. The van der Waals surface area contributed by atoms with Crippen molar-refractivity contribution in [1.29, 1.82) is 0 Å². The van der Waals surface area contributed by atoms with Gasteiger partial charge in [-0.05, 0) is 17.7 Å². The second kappa shape index (κ2) is 6.66. The molecule has 0 aliphatic carbocycles. The molecule has 22 heavy (non-hydrogen) atoms. The number of benzene rings is 1. The van der Waals surface area contributed by atoms with E-state index in [1.54, 1.807) is 14.1 Å². The number of alkyl halides is 3. The zero-order valence-corrected chi connectivity index (χ0v) is 12.7. The number of carbonyl (C=O) groups is 1. The lowest BCUT2D eigenvalue weighted by Gasteiger charge is -2.35. The van der Waals surface area contributed by atoms with Gasteiger partial charge in [0.05, 0.1) is 5.56 Å². The number of nitrogens with zero attached hydrogens (tertiary/aromatic N) is 2. The number of hydrogen-bond donors (Lipinski definition) is 1. The summed E-state index contributed by atoms with van der Waals surface area (Å²) in [6.45, 7) is 2.90. The van der Waals surface area contributed by atoms with Gasteiger partial charge in [-0.3, -0.25) is 9.69 Å². The van der Waals surface area contributed by atoms with Crippen molar-refractivity contribution in [3.05, 3.63) is 35.4 Å². The summed E-state index contributed by atoms with van der Waals surface area (Å²) in [5.41, 5.74) is -0.110. The van der Waals surface area contributed by atoms with Crippen LogP contribution in [0.2, 0.25) is 0 Å². The lowest BCUT2D eigenvalue weighted by Crippen LogP contribution is -2.49. The highest BCUT2D eigenvalue weighted by Gasteiger charge is 2.33. The quantitative estimate of drug-likeness (QED) is 0.923. The van der Waals surface area contributed by atoms with Gasteiger partial charge in [0.25, 0.3) is 0 Å². The fourth-order valence-electron chi connectivity index (χ4n) is 2.55. The predicted octanol–water partition coefficient (Wildman–Crippen LogP) is 1.74. The Balaban J connectivity index is 2.30. The topological polar surface area (TPSA) is 35.6 Å². The van der Waals surface area contributed by atoms with Crippen LogP contribution < -0.4 is 5.32 Å². The molecule has 122 valence electrons. The molecular formula is C15H20F3N3O. The van der Waals surface area contributed by atoms with Gasteiger partial charge in [0, 0.05) is 40.3 Å². The summed E-state index contributed by atoms with van der Waals surface area (Å²) in [7, 11) is 3.31. The van der Waals surface area contributed by atoms with Crippen molar-refractivity contribution in [1.82, 2.24) is 15.1 Å². The van der Waals surface area contributed by atoms with Crippen LogP contribution in [0.15, 0.2) is 24.3 Å². The SMILES string of the molecule is CN(C)C(=O)C(c1ccc(C(F)(F)F)cc1)N1CCNCC1. The highest BCUT2D eigenvalue weighted by Crippen LogP contribution is 2.31. The number of amides is 1. The van der Waals surface area contributed by atoms with Crippen LogP contribution in [0.5, 0.6) is 0 Å². The summed E-state index contributed by atoms with van der Waals surface area (Å²) in [5, 5.41) is 3.20. The molecule has 2 rings (SSSR count). The Morgan fingerprint density at radius 3 is 2.18 bits per heavy atom. The molecule has 1 aromatic rings. The van der Waals surface area contributed by atoms with Crippen molar-refractivity contribution in [2.45, 2.75) is 12.2 Å². The number of piperazine rings is 1. The van der Waals surface area contributed by atoms with Crippen LogP contribution in [0.1, 0.15) is 17.2 Å². The summed E-state index contributed by atoms with van der Waals surface area (Å²) < 4.78 is 38.0. The van der Waals surface area contributed by atoms with Gasteiger partial charge in [-0.15, -0.1) is 0 Å². The van der Waals surface area contributed by atoms with E-state index in [-0.39, 0.29) is 5.91 Å². The molecule has 0 aromatic heterocycles. The summed E-state index contributed by atoms with van der Waals surface area (Å²) >= 11 is 0. The van der Waals surface area contributed by atoms with Crippen LogP contribution in [0.3, 0.4) is 0 Å². The molecule has 1 unspecified atom stereocenters. The van der Waals surface area contributed by atoms with Gasteiger partial charge in [0.1, 0.15) is 6.04 Å². The van der Waals surface area contributed by atoms with Gasteiger partial charge >= 0.3 is 6.18 Å². The zero-order valence-electron chi connectivity index (χ0n) is 12.7. The Bertz CT molecular complexity index is 508. The minimum atomic E-state index is -4.37. The van der Waals surface area contributed by atoms with E-state index >= 15 is 0 Å². The Labute approximate surface area is 127 Å². The second-order valence-electron chi connectivity index (χ2n) is 5.54.